The van der Waals surface area contributed by atoms with Crippen LogP contribution in [-0.2, 0) is 128 Å². The van der Waals surface area contributed by atoms with Crippen LogP contribution < -0.4 is 37.9 Å². The molecule has 8 N–H and O–H groups in total. The number of methoxy groups -OCH3 is 8. The fourth-order valence-corrected chi connectivity index (χ4v) is 14.7. The minimum absolute atomic E-state index is 0.0188. The highest BCUT2D eigenvalue weighted by molar-refractivity contribution is 5.77. The van der Waals surface area contributed by atoms with Crippen molar-refractivity contribution in [2.24, 2.45) is 17.8 Å². The van der Waals surface area contributed by atoms with Gasteiger partial charge in [-0.3, -0.25) is 38.4 Å². The summed E-state index contributed by atoms with van der Waals surface area (Å²) >= 11 is 0. The van der Waals surface area contributed by atoms with E-state index in [1.807, 2.05) is 27.7 Å². The molecule has 5 unspecified atom stereocenters. The van der Waals surface area contributed by atoms with Gasteiger partial charge in [0.1, 0.15) is 6.10 Å². The van der Waals surface area contributed by atoms with Crippen molar-refractivity contribution in [2.45, 2.75) is 288 Å². The second-order valence-corrected chi connectivity index (χ2v) is 35.7. The highest BCUT2D eigenvalue weighted by Crippen LogP contribution is 2.38. The molecule has 0 amide bonds. The Kier molecular flexibility index (Phi) is 67.7. The van der Waals surface area contributed by atoms with Gasteiger partial charge in [-0.2, -0.15) is 0 Å². The molecule has 0 saturated heterocycles. The van der Waals surface area contributed by atoms with Gasteiger partial charge in [-0.05, 0) is 238 Å². The van der Waals surface area contributed by atoms with E-state index in [0.29, 0.717) is 96.8 Å². The number of carbonyl (C=O) groups is 8. The molecule has 8 aromatic rings. The van der Waals surface area contributed by atoms with E-state index >= 15 is 0 Å². The summed E-state index contributed by atoms with van der Waals surface area (Å²) < 4.78 is 81.5. The van der Waals surface area contributed by atoms with Crippen LogP contribution in [0.15, 0.2) is 146 Å². The summed E-state index contributed by atoms with van der Waals surface area (Å²) in [6.07, 6.45) is 23.6. The van der Waals surface area contributed by atoms with Gasteiger partial charge in [0.15, 0.2) is 92.0 Å². The number of hydrogen-bond donors (Lipinski definition) is 8. The molecule has 1 aliphatic carbocycles. The first-order valence-corrected chi connectivity index (χ1v) is 51.1. The molecule has 1 aliphatic rings. The predicted molar refractivity (Wildman–Crippen MR) is 567 cm³/mol. The van der Waals surface area contributed by atoms with Crippen molar-refractivity contribution < 1.29 is 155 Å². The normalized spacial score (nSPS) is 12.8. The third-order valence-electron chi connectivity index (χ3n) is 22.9. The number of unbranched alkanes of at least 4 members (excludes halogenated alkanes) is 10. The summed E-state index contributed by atoms with van der Waals surface area (Å²) in [5.74, 6) is 3.03. The Balaban J connectivity index is 0.000000573. The summed E-state index contributed by atoms with van der Waals surface area (Å²) in [6.45, 7) is 27.0. The number of ether oxygens (including phenoxy) is 16. The quantitative estimate of drug-likeness (QED) is 0.00997. The first-order chi connectivity index (χ1) is 70.9. The van der Waals surface area contributed by atoms with Crippen molar-refractivity contribution in [2.75, 3.05) is 89.9 Å². The molecule has 0 aliphatic heterocycles. The highest BCUT2D eigenvalue weighted by Gasteiger charge is 2.34. The summed E-state index contributed by atoms with van der Waals surface area (Å²) in [5.41, 5.74) is 6.14. The Labute approximate surface area is 875 Å². The summed E-state index contributed by atoms with van der Waals surface area (Å²) in [4.78, 5) is 93.0. The van der Waals surface area contributed by atoms with Crippen molar-refractivity contribution in [3.05, 3.63) is 190 Å². The number of phenols is 8. The summed E-state index contributed by atoms with van der Waals surface area (Å²) in [6, 6.07) is 38.8. The van der Waals surface area contributed by atoms with Gasteiger partial charge in [0.25, 0.3) is 0 Å². The molecule has 8 aromatic carbocycles. The Hall–Kier alpha value is -13.7. The topological polar surface area (TPSA) is 446 Å². The average molecular weight is 2070 g/mol. The molecule has 5 atom stereocenters. The lowest BCUT2D eigenvalue weighted by molar-refractivity contribution is -0.155. The fraction of sp³-hybridized carbons (Fsp3) is 0.517. The maximum Gasteiger partial charge on any atom is 0.310 e. The van der Waals surface area contributed by atoms with Gasteiger partial charge in [0.2, 0.25) is 0 Å². The molecule has 9 rings (SSSR count). The second-order valence-electron chi connectivity index (χ2n) is 35.7. The van der Waals surface area contributed by atoms with Crippen molar-refractivity contribution in [1.82, 2.24) is 0 Å². The summed E-state index contributed by atoms with van der Waals surface area (Å²) in [7, 11) is 11.8. The minimum Gasteiger partial charge on any atom is -0.504 e. The Morgan fingerprint density at radius 3 is 0.777 bits per heavy atom. The molecule has 148 heavy (non-hydrogen) atoms. The molecule has 1 fully saturated rings. The van der Waals surface area contributed by atoms with Gasteiger partial charge < -0.3 is 117 Å². The average Bonchev–Trinajstić information content (AvgIpc) is 0.839. The fourth-order valence-electron chi connectivity index (χ4n) is 14.7. The van der Waals surface area contributed by atoms with E-state index in [-0.39, 0.29) is 163 Å². The van der Waals surface area contributed by atoms with Crippen LogP contribution in [0.5, 0.6) is 92.0 Å². The monoisotopic (exact) mass is 2070 g/mol. The molecule has 0 aromatic heterocycles. The lowest BCUT2D eigenvalue weighted by atomic mass is 9.75. The molecular formula is C116H166O32. The van der Waals surface area contributed by atoms with Gasteiger partial charge in [-0.15, -0.1) is 0 Å². The first-order valence-electron chi connectivity index (χ1n) is 51.1. The zero-order valence-electron chi connectivity index (χ0n) is 90.7. The zero-order chi connectivity index (χ0) is 110. The van der Waals surface area contributed by atoms with Crippen LogP contribution in [0, 0.1) is 17.8 Å². The number of aromatic hydroxyl groups is 8. The SMILES string of the molecule is CCCCC(C)OC(=O)Cc1ccc(O)c(OC)c1.CCCCCC(C)OC(=O)Cc1ccc(O)c(OC)c1.CCCCCCCOC(=O)Cc1ccc(O)c(OC)c1.CCCCCOC(=O)Cc1ccc(O)c(OC)c1.CCCCOC(=O)Cc1ccc(O)c(OC)c1.CCCOC(=O)Cc1ccc(O)c(OC)c1.CCOC(=O)Cc1ccc(O)c(OC)c1.COc1cc(CC(=O)OC2CC(C)CCC2C(C)C)ccc1O. The maximum absolute atomic E-state index is 12.3. The molecule has 32 nitrogen and oxygen atoms in total. The third-order valence-corrected chi connectivity index (χ3v) is 22.9. The number of esters is 8. The van der Waals surface area contributed by atoms with Crippen molar-refractivity contribution in [1.29, 1.82) is 0 Å². The van der Waals surface area contributed by atoms with Gasteiger partial charge in [-0.1, -0.05) is 188 Å². The molecule has 0 radical (unpaired) electrons. The third kappa shape index (κ3) is 55.7. The molecule has 822 valence electrons. The number of hydrogen-bond acceptors (Lipinski definition) is 32. The van der Waals surface area contributed by atoms with E-state index in [1.165, 1.54) is 125 Å². The highest BCUT2D eigenvalue weighted by atomic mass is 16.6. The molecular weight excluding hydrogens is 1910 g/mol. The molecule has 1 saturated carbocycles. The van der Waals surface area contributed by atoms with E-state index in [9.17, 15) is 79.2 Å². The van der Waals surface area contributed by atoms with Crippen molar-refractivity contribution >= 4 is 47.8 Å². The first kappa shape index (κ1) is 130. The Morgan fingerprint density at radius 1 is 0.270 bits per heavy atom. The van der Waals surface area contributed by atoms with Crippen LogP contribution in [-0.4, -0.2) is 197 Å². The van der Waals surface area contributed by atoms with E-state index in [2.05, 4.69) is 48.5 Å². The molecule has 0 bridgehead atoms. The van der Waals surface area contributed by atoms with Crippen LogP contribution in [0.3, 0.4) is 0 Å². The van der Waals surface area contributed by atoms with Gasteiger partial charge in [-0.25, -0.2) is 0 Å². The van der Waals surface area contributed by atoms with Gasteiger partial charge in [0.05, 0.1) is 153 Å². The number of rotatable bonds is 51. The van der Waals surface area contributed by atoms with E-state index < -0.39 is 0 Å². The van der Waals surface area contributed by atoms with Crippen LogP contribution in [0.2, 0.25) is 0 Å². The molecule has 0 spiro atoms. The maximum atomic E-state index is 12.3. The van der Waals surface area contributed by atoms with Crippen LogP contribution in [0.4, 0.5) is 0 Å². The lowest BCUT2D eigenvalue weighted by Gasteiger charge is -2.36. The van der Waals surface area contributed by atoms with E-state index in [0.717, 1.165) is 154 Å². The standard InChI is InChI=1S/C19H28O4.2C16H24O4.C15H22O4.C14H20O4.C13H18O4.C12H16O4.C11H14O4/c1-12(2)15-7-5-13(3)9-17(15)23-19(21)11-14-6-8-16(20)18(10-14)22-4;1-4-5-6-7-12(2)20-16(18)11-13-8-9-14(17)15(10-13)19-3;1-3-4-5-6-7-10-20-16(18)12-13-8-9-14(17)15(11-13)19-2;1-4-5-6-11(2)19-15(17)10-12-7-8-13(16)14(9-12)18-3;1-3-4-5-8-18-14(16)10-11-6-7-12(15)13(9-11)17-2;1-3-4-7-17-13(15)9-10-5-6-11(14)12(8-10)16-2;1-3-6-16-12(14)8-9-4-5-10(13)11(7-9)15-2;1-3-15-11(13)7-8-4-5-9(12)10(6-8)14-2/h6,8,10,12-13,15,17,20H,5,7,9,11H2,1-4H3;8-10,12,17H,4-7,11H2,1-3H3;8-9,11,17H,3-7,10,12H2,1-2H3;7-9,11,16H,4-6,10H2,1-3H3;6-7,9,15H,3-5,8,10H2,1-2H3;5-6,8,14H,3-4,7,9H2,1-2H3;4-5,7,13H,3,6,8H2,1-2H3;4-6,12H,3,7H2,1-2H3. The molecule has 0 heterocycles. The van der Waals surface area contributed by atoms with Crippen LogP contribution in [0.25, 0.3) is 0 Å². The minimum atomic E-state index is -0.287. The van der Waals surface area contributed by atoms with Crippen LogP contribution >= 0.6 is 0 Å². The Bertz CT molecular complexity index is 5140. The number of benzene rings is 8. The molecule has 32 heteroatoms. The predicted octanol–water partition coefficient (Wildman–Crippen LogP) is 22.3. The largest absolute Gasteiger partial charge is 0.504 e. The van der Waals surface area contributed by atoms with E-state index in [4.69, 9.17) is 75.8 Å². The number of carbonyl (C=O) groups excluding carboxylic acids is 8. The lowest BCUT2D eigenvalue weighted by Crippen LogP contribution is -2.36. The van der Waals surface area contributed by atoms with Gasteiger partial charge >= 0.3 is 47.8 Å². The Morgan fingerprint density at radius 2 is 0.507 bits per heavy atom. The van der Waals surface area contributed by atoms with Crippen LogP contribution in [0.1, 0.15) is 262 Å². The van der Waals surface area contributed by atoms with Crippen molar-refractivity contribution in [3.8, 4) is 92.0 Å². The zero-order valence-corrected chi connectivity index (χ0v) is 90.7. The number of phenolic OH excluding ortho intramolecular Hbond substituents is 8. The van der Waals surface area contributed by atoms with Crippen molar-refractivity contribution in [3.63, 3.8) is 0 Å². The smallest absolute Gasteiger partial charge is 0.310 e. The second kappa shape index (κ2) is 76.8. The van der Waals surface area contributed by atoms with E-state index in [1.54, 1.807) is 110 Å². The summed E-state index contributed by atoms with van der Waals surface area (Å²) in [5, 5.41) is 75.6. The van der Waals surface area contributed by atoms with Gasteiger partial charge in [0, 0.05) is 0 Å².